The molecule has 1 aliphatic heterocycles. The number of aromatic nitrogens is 4. The van der Waals surface area contributed by atoms with E-state index in [9.17, 15) is 20.0 Å². The maximum absolute atomic E-state index is 13.4. The number of hydrogen-bond acceptors (Lipinski definition) is 14. The lowest BCUT2D eigenvalue weighted by Crippen LogP contribution is -2.42. The van der Waals surface area contributed by atoms with Crippen molar-refractivity contribution in [1.29, 1.82) is 0 Å². The standard InChI is InChI=1S/C20H28N9O9P/c1-5-6-24-39(32,34-7-11-10(2)36-19(31)38-11)35-8-12-14(30)20(3,27-28-22)17(37-12)29-9-23-13-15(29)25-18(21)26-16(13)33-4/h9,12,14,17,30H,5-8H2,1-4H3,(H,24,32)(H2,21,25,26)/t12-,14-,17-,20-,39?/m1/s1. The molecule has 1 saturated heterocycles. The molecule has 4 heterocycles. The van der Waals surface area contributed by atoms with Crippen LogP contribution >= 0.6 is 7.75 Å². The maximum atomic E-state index is 13.4. The van der Waals surface area contributed by atoms with Gasteiger partial charge in [-0.05, 0) is 25.8 Å². The Kier molecular flexibility index (Phi) is 8.27. The van der Waals surface area contributed by atoms with Gasteiger partial charge in [0.1, 0.15) is 24.0 Å². The number of nitrogens with two attached hydrogens (primary N) is 1. The molecule has 3 aromatic rings. The van der Waals surface area contributed by atoms with Gasteiger partial charge in [-0.2, -0.15) is 9.97 Å². The second kappa shape index (κ2) is 11.3. The van der Waals surface area contributed by atoms with Crippen LogP contribution < -0.4 is 21.4 Å². The first-order valence-corrected chi connectivity index (χ1v) is 13.3. The fourth-order valence-corrected chi connectivity index (χ4v) is 5.39. The molecule has 1 unspecified atom stereocenters. The van der Waals surface area contributed by atoms with Crippen LogP contribution in [0.5, 0.6) is 5.88 Å². The molecule has 1 fully saturated rings. The summed E-state index contributed by atoms with van der Waals surface area (Å²) in [5.74, 6) is -0.708. The van der Waals surface area contributed by atoms with Gasteiger partial charge in [0.15, 0.2) is 23.2 Å². The minimum Gasteiger partial charge on any atom is -0.479 e. The number of fused-ring (bicyclic) bond motifs is 1. The number of aliphatic hydroxyl groups is 1. The van der Waals surface area contributed by atoms with Gasteiger partial charge in [-0.3, -0.25) is 13.6 Å². The lowest BCUT2D eigenvalue weighted by molar-refractivity contribution is -0.0438. The summed E-state index contributed by atoms with van der Waals surface area (Å²) in [6.07, 6.45) is -1.75. The number of methoxy groups -OCH3 is 1. The molecule has 0 aromatic carbocycles. The minimum atomic E-state index is -4.01. The van der Waals surface area contributed by atoms with Crippen molar-refractivity contribution >= 4 is 24.9 Å². The van der Waals surface area contributed by atoms with Crippen molar-refractivity contribution in [3.8, 4) is 5.88 Å². The SMILES string of the molecule is CCCNP(=O)(OCc1oc(=O)oc1C)OC[C@H]1O[C@@H](n2cnc3c(OC)nc(N)nc32)[C@](C)(N=[N+]=[N-])[C@@H]1O. The van der Waals surface area contributed by atoms with Crippen LogP contribution in [0.25, 0.3) is 21.6 Å². The molecule has 5 atom stereocenters. The zero-order valence-corrected chi connectivity index (χ0v) is 22.4. The average molecular weight is 569 g/mol. The van der Waals surface area contributed by atoms with Gasteiger partial charge in [-0.25, -0.2) is 19.4 Å². The molecule has 0 bridgehead atoms. The second-order valence-electron chi connectivity index (χ2n) is 8.71. The average Bonchev–Trinajstić information content (AvgIpc) is 3.53. The first kappa shape index (κ1) is 28.5. The molecule has 0 saturated carbocycles. The van der Waals surface area contributed by atoms with Crippen LogP contribution in [0.2, 0.25) is 0 Å². The number of aliphatic hydroxyl groups excluding tert-OH is 1. The number of azide groups is 1. The molecule has 0 aliphatic carbocycles. The first-order chi connectivity index (χ1) is 18.5. The number of anilines is 1. The predicted molar refractivity (Wildman–Crippen MR) is 132 cm³/mol. The molecular weight excluding hydrogens is 541 g/mol. The highest BCUT2D eigenvalue weighted by Crippen LogP contribution is 2.48. The van der Waals surface area contributed by atoms with Crippen LogP contribution in [0, 0.1) is 6.92 Å². The smallest absolute Gasteiger partial charge is 0.479 e. The van der Waals surface area contributed by atoms with Crippen LogP contribution in [0.15, 0.2) is 25.1 Å². The van der Waals surface area contributed by atoms with Gasteiger partial charge >= 0.3 is 13.6 Å². The van der Waals surface area contributed by atoms with Crippen molar-refractivity contribution in [2.75, 3.05) is 26.0 Å². The highest BCUT2D eigenvalue weighted by Gasteiger charge is 2.55. The Morgan fingerprint density at radius 3 is 2.79 bits per heavy atom. The van der Waals surface area contributed by atoms with Gasteiger partial charge in [0.05, 0.1) is 26.1 Å². The van der Waals surface area contributed by atoms with Gasteiger partial charge < -0.3 is 29.1 Å². The normalized spacial score (nSPS) is 24.5. The summed E-state index contributed by atoms with van der Waals surface area (Å²) in [6.45, 7) is 4.25. The molecule has 39 heavy (non-hydrogen) atoms. The van der Waals surface area contributed by atoms with E-state index in [1.54, 1.807) is 0 Å². The quantitative estimate of drug-likeness (QED) is 0.122. The van der Waals surface area contributed by atoms with Gasteiger partial charge in [-0.15, -0.1) is 0 Å². The fraction of sp³-hybridized carbons (Fsp3) is 0.600. The number of nitrogen functional groups attached to an aromatic ring is 1. The summed E-state index contributed by atoms with van der Waals surface area (Å²) in [7, 11) is -2.61. The maximum Gasteiger partial charge on any atom is 0.519 e. The molecule has 0 radical (unpaired) electrons. The monoisotopic (exact) mass is 569 g/mol. The first-order valence-electron chi connectivity index (χ1n) is 11.7. The van der Waals surface area contributed by atoms with Crippen LogP contribution in [0.1, 0.15) is 38.0 Å². The van der Waals surface area contributed by atoms with Crippen molar-refractivity contribution in [2.45, 2.75) is 57.8 Å². The third-order valence-corrected chi connectivity index (χ3v) is 7.60. The Hall–Kier alpha value is -3.50. The molecule has 18 nitrogen and oxygen atoms in total. The molecule has 0 amide bonds. The van der Waals surface area contributed by atoms with Crippen LogP contribution in [-0.4, -0.2) is 62.6 Å². The number of rotatable bonds is 12. The molecular formula is C20H28N9O9P. The van der Waals surface area contributed by atoms with Crippen molar-refractivity contribution in [3.05, 3.63) is 38.9 Å². The zero-order chi connectivity index (χ0) is 28.4. The summed E-state index contributed by atoms with van der Waals surface area (Å²) in [6, 6.07) is 0. The van der Waals surface area contributed by atoms with E-state index in [0.29, 0.717) is 6.42 Å². The van der Waals surface area contributed by atoms with E-state index < -0.39 is 44.2 Å². The lowest BCUT2D eigenvalue weighted by atomic mass is 9.93. The van der Waals surface area contributed by atoms with Crippen molar-refractivity contribution in [2.24, 2.45) is 5.11 Å². The molecule has 4 rings (SSSR count). The molecule has 212 valence electrons. The number of imidazole rings is 1. The zero-order valence-electron chi connectivity index (χ0n) is 21.5. The van der Waals surface area contributed by atoms with Gasteiger partial charge in [0, 0.05) is 11.5 Å². The third kappa shape index (κ3) is 5.62. The van der Waals surface area contributed by atoms with Gasteiger partial charge in [-0.1, -0.05) is 12.0 Å². The van der Waals surface area contributed by atoms with E-state index in [0.717, 1.165) is 0 Å². The molecule has 1 aliphatic rings. The van der Waals surface area contributed by atoms with Gasteiger partial charge in [0.25, 0.3) is 0 Å². The molecule has 4 N–H and O–H groups in total. The number of hydrogen-bond donors (Lipinski definition) is 3. The Morgan fingerprint density at radius 1 is 1.38 bits per heavy atom. The Balaban J connectivity index is 1.59. The lowest BCUT2D eigenvalue weighted by Gasteiger charge is -2.28. The highest BCUT2D eigenvalue weighted by atomic mass is 31.2. The summed E-state index contributed by atoms with van der Waals surface area (Å²) >= 11 is 0. The minimum absolute atomic E-state index is 0.0407. The van der Waals surface area contributed by atoms with E-state index >= 15 is 0 Å². The van der Waals surface area contributed by atoms with E-state index in [2.05, 4.69) is 30.1 Å². The number of ether oxygens (including phenoxy) is 2. The van der Waals surface area contributed by atoms with E-state index in [1.807, 2.05) is 6.92 Å². The second-order valence-corrected chi connectivity index (χ2v) is 10.5. The van der Waals surface area contributed by atoms with Crippen molar-refractivity contribution in [1.82, 2.24) is 24.6 Å². The predicted octanol–water partition coefficient (Wildman–Crippen LogP) is 1.94. The number of aryl methyl sites for hydroxylation is 1. The molecule has 19 heteroatoms. The van der Waals surface area contributed by atoms with Crippen LogP contribution in [0.3, 0.4) is 0 Å². The summed E-state index contributed by atoms with van der Waals surface area (Å²) in [4.78, 5) is 26.6. The Bertz CT molecular complexity index is 1480. The van der Waals surface area contributed by atoms with Crippen LogP contribution in [0.4, 0.5) is 5.95 Å². The van der Waals surface area contributed by atoms with E-state index in [4.69, 9.17) is 33.1 Å². The van der Waals surface area contributed by atoms with E-state index in [1.165, 1.54) is 31.9 Å². The summed E-state index contributed by atoms with van der Waals surface area (Å²) in [5, 5.41) is 17.7. The fourth-order valence-electron chi connectivity index (χ4n) is 4.00. The molecule has 3 aromatic heterocycles. The summed E-state index contributed by atoms with van der Waals surface area (Å²) < 4.78 is 46.8. The van der Waals surface area contributed by atoms with E-state index in [-0.39, 0.29) is 47.7 Å². The highest BCUT2D eigenvalue weighted by molar-refractivity contribution is 7.51. The summed E-state index contributed by atoms with van der Waals surface area (Å²) in [5.41, 5.74) is 14.0. The Labute approximate surface area is 220 Å². The largest absolute Gasteiger partial charge is 0.519 e. The Morgan fingerprint density at radius 2 is 2.15 bits per heavy atom. The topological polar surface area (TPSA) is 248 Å². The molecule has 0 spiro atoms. The third-order valence-electron chi connectivity index (χ3n) is 6.03. The number of nitrogens with one attached hydrogen (secondary N) is 1. The van der Waals surface area contributed by atoms with Crippen molar-refractivity contribution in [3.63, 3.8) is 0 Å². The van der Waals surface area contributed by atoms with Crippen LogP contribution in [-0.2, 0) is 25.0 Å². The number of nitrogens with zero attached hydrogens (tertiary/aromatic N) is 7. The van der Waals surface area contributed by atoms with Gasteiger partial charge in [0.2, 0.25) is 11.8 Å². The van der Waals surface area contributed by atoms with Crippen molar-refractivity contribution < 1.29 is 37.0 Å².